The maximum absolute atomic E-state index is 5.77. The molecule has 2 aromatic rings. The highest BCUT2D eigenvalue weighted by molar-refractivity contribution is 14.0. The van der Waals surface area contributed by atoms with Crippen LogP contribution in [0, 0.1) is 6.92 Å². The average Bonchev–Trinajstić information content (AvgIpc) is 3.07. The van der Waals surface area contributed by atoms with E-state index >= 15 is 0 Å². The van der Waals surface area contributed by atoms with Gasteiger partial charge in [-0.25, -0.2) is 9.98 Å². The third-order valence-corrected chi connectivity index (χ3v) is 5.96. The number of piperidine rings is 1. The minimum absolute atomic E-state index is 0. The summed E-state index contributed by atoms with van der Waals surface area (Å²) in [6, 6.07) is 10.4. The Hall–Kier alpha value is -1.19. The van der Waals surface area contributed by atoms with Crippen LogP contribution in [0.1, 0.15) is 37.3 Å². The zero-order valence-electron chi connectivity index (χ0n) is 17.0. The number of thiazole rings is 1. The van der Waals surface area contributed by atoms with E-state index in [-0.39, 0.29) is 24.0 Å². The molecule has 0 aliphatic carbocycles. The number of nitrogens with zero attached hydrogens (tertiary/aromatic N) is 3. The monoisotopic (exact) mass is 514 g/mol. The smallest absolute Gasteiger partial charge is 0.194 e. The average molecular weight is 514 g/mol. The topological polar surface area (TPSA) is 49.8 Å². The fourth-order valence-electron chi connectivity index (χ4n) is 3.32. The van der Waals surface area contributed by atoms with Crippen LogP contribution in [0.3, 0.4) is 0 Å². The SMILES string of the molecule is CCNC(=NCc1sc(-c2ccccc2)nc1C)N1CCC(OCC)CC1.I. The van der Waals surface area contributed by atoms with Crippen LogP contribution in [0.4, 0.5) is 0 Å². The number of rotatable bonds is 6. The summed E-state index contributed by atoms with van der Waals surface area (Å²) < 4.78 is 5.77. The maximum Gasteiger partial charge on any atom is 0.194 e. The Bertz CT molecular complexity index is 742. The lowest BCUT2D eigenvalue weighted by atomic mass is 10.1. The van der Waals surface area contributed by atoms with E-state index in [0.717, 1.165) is 55.7 Å². The second kappa shape index (κ2) is 11.7. The van der Waals surface area contributed by atoms with Gasteiger partial charge in [0, 0.05) is 36.7 Å². The summed E-state index contributed by atoms with van der Waals surface area (Å²) in [7, 11) is 0. The van der Waals surface area contributed by atoms with Gasteiger partial charge in [-0.2, -0.15) is 0 Å². The Morgan fingerprint density at radius 1 is 1.25 bits per heavy atom. The summed E-state index contributed by atoms with van der Waals surface area (Å²) in [5, 5.41) is 4.52. The fraction of sp³-hybridized carbons (Fsp3) is 0.524. The van der Waals surface area contributed by atoms with Crippen molar-refractivity contribution in [1.82, 2.24) is 15.2 Å². The molecule has 1 fully saturated rings. The van der Waals surface area contributed by atoms with E-state index in [1.165, 1.54) is 10.4 Å². The van der Waals surface area contributed by atoms with Crippen molar-refractivity contribution in [3.63, 3.8) is 0 Å². The predicted molar refractivity (Wildman–Crippen MR) is 129 cm³/mol. The van der Waals surface area contributed by atoms with Crippen molar-refractivity contribution >= 4 is 41.3 Å². The van der Waals surface area contributed by atoms with Gasteiger partial charge in [0.1, 0.15) is 5.01 Å². The van der Waals surface area contributed by atoms with Crippen LogP contribution in [0.25, 0.3) is 10.6 Å². The molecule has 1 saturated heterocycles. The largest absolute Gasteiger partial charge is 0.378 e. The van der Waals surface area contributed by atoms with Crippen LogP contribution in [0.5, 0.6) is 0 Å². The molecule has 0 spiro atoms. The molecular weight excluding hydrogens is 483 g/mol. The number of halogens is 1. The number of ether oxygens (including phenoxy) is 1. The van der Waals surface area contributed by atoms with Crippen molar-refractivity contribution in [1.29, 1.82) is 0 Å². The number of aryl methyl sites for hydroxylation is 1. The molecule has 1 N–H and O–H groups in total. The number of likely N-dealkylation sites (tertiary alicyclic amines) is 1. The van der Waals surface area contributed by atoms with Gasteiger partial charge in [-0.1, -0.05) is 30.3 Å². The quantitative estimate of drug-likeness (QED) is 0.345. The lowest BCUT2D eigenvalue weighted by Gasteiger charge is -2.34. The highest BCUT2D eigenvalue weighted by atomic mass is 127. The third-order valence-electron chi connectivity index (χ3n) is 4.76. The molecule has 0 amide bonds. The first kappa shape index (κ1) is 23.1. The van der Waals surface area contributed by atoms with E-state index < -0.39 is 0 Å². The Balaban J connectivity index is 0.00000280. The van der Waals surface area contributed by atoms with Crippen molar-refractivity contribution in [2.45, 2.75) is 46.3 Å². The minimum atomic E-state index is 0. The van der Waals surface area contributed by atoms with Gasteiger partial charge in [-0.05, 0) is 33.6 Å². The second-order valence-electron chi connectivity index (χ2n) is 6.71. The molecule has 1 aromatic heterocycles. The van der Waals surface area contributed by atoms with Crippen LogP contribution in [-0.4, -0.2) is 48.2 Å². The summed E-state index contributed by atoms with van der Waals surface area (Å²) in [5.74, 6) is 1.00. The van der Waals surface area contributed by atoms with Crippen LogP contribution in [0.2, 0.25) is 0 Å². The van der Waals surface area contributed by atoms with E-state index in [0.29, 0.717) is 12.6 Å². The molecule has 0 radical (unpaired) electrons. The van der Waals surface area contributed by atoms with Gasteiger partial charge in [-0.3, -0.25) is 0 Å². The standard InChI is InChI=1S/C21H30N4OS.HI/c1-4-22-21(25-13-11-18(12-14-25)26-5-2)23-15-19-16(3)24-20(27-19)17-9-7-6-8-10-17;/h6-10,18H,4-5,11-15H2,1-3H3,(H,22,23);1H. The molecule has 1 aliphatic heterocycles. The van der Waals surface area contributed by atoms with E-state index in [1.54, 1.807) is 11.3 Å². The second-order valence-corrected chi connectivity index (χ2v) is 7.79. The van der Waals surface area contributed by atoms with Gasteiger partial charge in [-0.15, -0.1) is 35.3 Å². The molecule has 0 bridgehead atoms. The van der Waals surface area contributed by atoms with Crippen LogP contribution in [-0.2, 0) is 11.3 Å². The lowest BCUT2D eigenvalue weighted by Crippen LogP contribution is -2.47. The summed E-state index contributed by atoms with van der Waals surface area (Å²) in [5.41, 5.74) is 2.25. The van der Waals surface area contributed by atoms with Gasteiger partial charge < -0.3 is 15.0 Å². The Morgan fingerprint density at radius 2 is 1.96 bits per heavy atom. The lowest BCUT2D eigenvalue weighted by molar-refractivity contribution is 0.0263. The number of aliphatic imine (C=N–C) groups is 1. The number of aromatic nitrogens is 1. The Labute approximate surface area is 189 Å². The molecule has 0 saturated carbocycles. The zero-order valence-corrected chi connectivity index (χ0v) is 20.1. The van der Waals surface area contributed by atoms with E-state index in [9.17, 15) is 0 Å². The number of guanidine groups is 1. The molecule has 0 unspecified atom stereocenters. The first-order chi connectivity index (χ1) is 13.2. The molecule has 2 heterocycles. The first-order valence-electron chi connectivity index (χ1n) is 9.87. The normalized spacial score (nSPS) is 15.4. The van der Waals surface area contributed by atoms with Gasteiger partial charge in [0.05, 0.1) is 18.3 Å². The molecule has 0 atom stereocenters. The summed E-state index contributed by atoms with van der Waals surface area (Å²) in [6.45, 7) is 10.6. The Morgan fingerprint density at radius 3 is 2.61 bits per heavy atom. The van der Waals surface area contributed by atoms with Crippen LogP contribution in [0.15, 0.2) is 35.3 Å². The van der Waals surface area contributed by atoms with Crippen molar-refractivity contribution in [2.24, 2.45) is 4.99 Å². The number of benzene rings is 1. The molecule has 154 valence electrons. The maximum atomic E-state index is 5.77. The Kier molecular flexibility index (Phi) is 9.67. The van der Waals surface area contributed by atoms with Gasteiger partial charge in [0.25, 0.3) is 0 Å². The van der Waals surface area contributed by atoms with Gasteiger partial charge in [0.15, 0.2) is 5.96 Å². The zero-order chi connectivity index (χ0) is 19.1. The molecule has 7 heteroatoms. The summed E-state index contributed by atoms with van der Waals surface area (Å²) in [4.78, 5) is 13.2. The molecular formula is C21H31IN4OS. The highest BCUT2D eigenvalue weighted by Gasteiger charge is 2.21. The van der Waals surface area contributed by atoms with Crippen molar-refractivity contribution in [3.05, 3.63) is 40.9 Å². The van der Waals surface area contributed by atoms with E-state index in [1.807, 2.05) is 6.07 Å². The van der Waals surface area contributed by atoms with E-state index in [4.69, 9.17) is 14.7 Å². The predicted octanol–water partition coefficient (Wildman–Crippen LogP) is 4.70. The number of hydrogen-bond acceptors (Lipinski definition) is 4. The number of nitrogens with one attached hydrogen (secondary N) is 1. The van der Waals surface area contributed by atoms with Crippen molar-refractivity contribution in [3.8, 4) is 10.6 Å². The molecule has 28 heavy (non-hydrogen) atoms. The van der Waals surface area contributed by atoms with Crippen LogP contribution < -0.4 is 5.32 Å². The summed E-state index contributed by atoms with van der Waals surface area (Å²) in [6.07, 6.45) is 2.53. The summed E-state index contributed by atoms with van der Waals surface area (Å²) >= 11 is 1.74. The molecule has 3 rings (SSSR count). The van der Waals surface area contributed by atoms with Gasteiger partial charge >= 0.3 is 0 Å². The van der Waals surface area contributed by atoms with Crippen molar-refractivity contribution in [2.75, 3.05) is 26.2 Å². The molecule has 1 aliphatic rings. The van der Waals surface area contributed by atoms with Crippen molar-refractivity contribution < 1.29 is 4.74 Å². The molecule has 5 nitrogen and oxygen atoms in total. The highest BCUT2D eigenvalue weighted by Crippen LogP contribution is 2.28. The fourth-order valence-corrected chi connectivity index (χ4v) is 4.31. The molecule has 1 aromatic carbocycles. The third kappa shape index (κ3) is 6.15. The van der Waals surface area contributed by atoms with E-state index in [2.05, 4.69) is 55.3 Å². The van der Waals surface area contributed by atoms with Gasteiger partial charge in [0.2, 0.25) is 0 Å². The van der Waals surface area contributed by atoms with Crippen LogP contribution >= 0.6 is 35.3 Å². The number of hydrogen-bond donors (Lipinski definition) is 1. The first-order valence-corrected chi connectivity index (χ1v) is 10.7. The minimum Gasteiger partial charge on any atom is -0.378 e.